The van der Waals surface area contributed by atoms with E-state index in [1.54, 1.807) is 27.0 Å². The predicted octanol–water partition coefficient (Wildman–Crippen LogP) is 1.42. The Kier molecular flexibility index (Phi) is 5.03. The van der Waals surface area contributed by atoms with Gasteiger partial charge in [-0.1, -0.05) is 26.8 Å². The van der Waals surface area contributed by atoms with Crippen LogP contribution in [0, 0.1) is 5.41 Å². The summed E-state index contributed by atoms with van der Waals surface area (Å²) in [6.45, 7) is 7.24. The fourth-order valence-electron chi connectivity index (χ4n) is 1.42. The van der Waals surface area contributed by atoms with E-state index < -0.39 is 5.41 Å². The van der Waals surface area contributed by atoms with E-state index >= 15 is 0 Å². The zero-order valence-corrected chi connectivity index (χ0v) is 11.9. The van der Waals surface area contributed by atoms with Gasteiger partial charge in [-0.05, 0) is 19.1 Å². The van der Waals surface area contributed by atoms with Gasteiger partial charge in [0.2, 0.25) is 11.8 Å². The topological polar surface area (TPSA) is 71.1 Å². The van der Waals surface area contributed by atoms with Gasteiger partial charge in [0.1, 0.15) is 0 Å². The molecule has 1 atom stereocenters. The number of hydrogen-bond acceptors (Lipinski definition) is 3. The van der Waals surface area contributed by atoms with Crippen LogP contribution in [0.3, 0.4) is 0 Å². The van der Waals surface area contributed by atoms with Crippen molar-refractivity contribution in [3.05, 3.63) is 30.1 Å². The maximum Gasteiger partial charge on any atom is 0.239 e. The molecule has 1 aromatic heterocycles. The van der Waals surface area contributed by atoms with Gasteiger partial charge >= 0.3 is 0 Å². The Labute approximate surface area is 113 Å². The molecule has 0 unspecified atom stereocenters. The van der Waals surface area contributed by atoms with E-state index in [1.807, 2.05) is 25.1 Å². The maximum atomic E-state index is 11.7. The number of carbonyl (C=O) groups excluding carboxylic acids is 2. The molecule has 1 rings (SSSR count). The number of nitrogens with one attached hydrogen (secondary N) is 2. The first-order chi connectivity index (χ1) is 8.80. The van der Waals surface area contributed by atoms with Crippen molar-refractivity contribution in [1.82, 2.24) is 15.6 Å². The Morgan fingerprint density at radius 3 is 2.53 bits per heavy atom. The van der Waals surface area contributed by atoms with Crippen molar-refractivity contribution in [3.8, 4) is 0 Å². The van der Waals surface area contributed by atoms with Gasteiger partial charge in [-0.25, -0.2) is 0 Å². The standard InChI is InChI=1S/C14H21N3O2/c1-10(11-7-5-6-8-15-11)17-12(18)9-16-13(19)14(2,3)4/h5-8,10H,9H2,1-4H3,(H,16,19)(H,17,18)/t10-/m1/s1. The molecular weight excluding hydrogens is 242 g/mol. The second-order valence-corrected chi connectivity index (χ2v) is 5.48. The normalized spacial score (nSPS) is 12.6. The van der Waals surface area contributed by atoms with Gasteiger partial charge in [0.25, 0.3) is 0 Å². The van der Waals surface area contributed by atoms with Crippen molar-refractivity contribution in [2.75, 3.05) is 6.54 Å². The molecule has 0 bridgehead atoms. The van der Waals surface area contributed by atoms with Gasteiger partial charge in [-0.2, -0.15) is 0 Å². The summed E-state index contributed by atoms with van der Waals surface area (Å²) in [5.74, 6) is -0.371. The summed E-state index contributed by atoms with van der Waals surface area (Å²) in [6, 6.07) is 5.35. The molecule has 0 radical (unpaired) electrons. The molecule has 0 saturated carbocycles. The smallest absolute Gasteiger partial charge is 0.239 e. The third-order valence-corrected chi connectivity index (χ3v) is 2.60. The van der Waals surface area contributed by atoms with E-state index in [2.05, 4.69) is 15.6 Å². The third-order valence-electron chi connectivity index (χ3n) is 2.60. The van der Waals surface area contributed by atoms with Crippen LogP contribution in [0.15, 0.2) is 24.4 Å². The van der Waals surface area contributed by atoms with Crippen LogP contribution in [0.25, 0.3) is 0 Å². The van der Waals surface area contributed by atoms with Crippen molar-refractivity contribution in [3.63, 3.8) is 0 Å². The lowest BCUT2D eigenvalue weighted by Crippen LogP contribution is -2.42. The Hall–Kier alpha value is -1.91. The summed E-state index contributed by atoms with van der Waals surface area (Å²) in [6.07, 6.45) is 1.68. The zero-order chi connectivity index (χ0) is 14.5. The molecule has 0 aliphatic rings. The van der Waals surface area contributed by atoms with Gasteiger partial charge in [0.05, 0.1) is 18.3 Å². The number of hydrogen-bond donors (Lipinski definition) is 2. The van der Waals surface area contributed by atoms with Crippen molar-refractivity contribution >= 4 is 11.8 Å². The van der Waals surface area contributed by atoms with Gasteiger partial charge in [0.15, 0.2) is 0 Å². The molecule has 0 aromatic carbocycles. The molecular formula is C14H21N3O2. The molecule has 0 saturated heterocycles. The van der Waals surface area contributed by atoms with E-state index in [9.17, 15) is 9.59 Å². The number of nitrogens with zero attached hydrogens (tertiary/aromatic N) is 1. The third kappa shape index (κ3) is 5.07. The van der Waals surface area contributed by atoms with Crippen LogP contribution < -0.4 is 10.6 Å². The summed E-state index contributed by atoms with van der Waals surface area (Å²) in [4.78, 5) is 27.5. The highest BCUT2D eigenvalue weighted by molar-refractivity contribution is 5.87. The van der Waals surface area contributed by atoms with Gasteiger partial charge in [-0.3, -0.25) is 14.6 Å². The van der Waals surface area contributed by atoms with Crippen LogP contribution in [0.5, 0.6) is 0 Å². The Morgan fingerprint density at radius 1 is 1.32 bits per heavy atom. The summed E-state index contributed by atoms with van der Waals surface area (Å²) in [7, 11) is 0. The molecule has 19 heavy (non-hydrogen) atoms. The molecule has 2 N–H and O–H groups in total. The molecule has 0 aliphatic heterocycles. The van der Waals surface area contributed by atoms with Gasteiger partial charge in [-0.15, -0.1) is 0 Å². The number of amides is 2. The first-order valence-electron chi connectivity index (χ1n) is 6.29. The second-order valence-electron chi connectivity index (χ2n) is 5.48. The highest BCUT2D eigenvalue weighted by Crippen LogP contribution is 2.12. The average Bonchev–Trinajstić information content (AvgIpc) is 2.35. The minimum Gasteiger partial charge on any atom is -0.347 e. The zero-order valence-electron chi connectivity index (χ0n) is 11.9. The average molecular weight is 263 g/mol. The Bertz CT molecular complexity index is 438. The quantitative estimate of drug-likeness (QED) is 0.863. The molecule has 104 valence electrons. The van der Waals surface area contributed by atoms with Crippen LogP contribution in [0.1, 0.15) is 39.4 Å². The molecule has 5 nitrogen and oxygen atoms in total. The van der Waals surface area contributed by atoms with Crippen molar-refractivity contribution in [2.45, 2.75) is 33.7 Å². The summed E-state index contributed by atoms with van der Waals surface area (Å²) in [5.41, 5.74) is 0.297. The second kappa shape index (κ2) is 6.31. The highest BCUT2D eigenvalue weighted by Gasteiger charge is 2.21. The van der Waals surface area contributed by atoms with Crippen LogP contribution in [-0.2, 0) is 9.59 Å². The molecule has 0 fully saturated rings. The largest absolute Gasteiger partial charge is 0.347 e. The van der Waals surface area contributed by atoms with Crippen LogP contribution in [0.2, 0.25) is 0 Å². The number of rotatable bonds is 4. The fraction of sp³-hybridized carbons (Fsp3) is 0.500. The summed E-state index contributed by atoms with van der Waals surface area (Å²) < 4.78 is 0. The fourth-order valence-corrected chi connectivity index (χ4v) is 1.42. The lowest BCUT2D eigenvalue weighted by atomic mass is 9.96. The Balaban J connectivity index is 2.42. The van der Waals surface area contributed by atoms with Gasteiger partial charge in [0, 0.05) is 11.6 Å². The predicted molar refractivity (Wildman–Crippen MR) is 73.3 cm³/mol. The monoisotopic (exact) mass is 263 g/mol. The van der Waals surface area contributed by atoms with E-state index in [0.29, 0.717) is 0 Å². The van der Waals surface area contributed by atoms with Crippen molar-refractivity contribution in [2.24, 2.45) is 5.41 Å². The molecule has 2 amide bonds. The first-order valence-corrected chi connectivity index (χ1v) is 6.29. The SMILES string of the molecule is C[C@@H](NC(=O)CNC(=O)C(C)(C)C)c1ccccn1. The molecule has 5 heteroatoms. The molecule has 0 aliphatic carbocycles. The van der Waals surface area contributed by atoms with E-state index in [4.69, 9.17) is 0 Å². The number of carbonyl (C=O) groups is 2. The summed E-state index contributed by atoms with van der Waals surface area (Å²) in [5, 5.41) is 5.39. The van der Waals surface area contributed by atoms with E-state index in [-0.39, 0.29) is 24.4 Å². The lowest BCUT2D eigenvalue weighted by molar-refractivity contribution is -0.131. The van der Waals surface area contributed by atoms with Crippen LogP contribution in [0.4, 0.5) is 0 Å². The molecule has 1 aromatic rings. The number of aromatic nitrogens is 1. The molecule has 0 spiro atoms. The van der Waals surface area contributed by atoms with E-state index in [1.165, 1.54) is 0 Å². The minimum atomic E-state index is -0.493. The first kappa shape index (κ1) is 15.1. The maximum absolute atomic E-state index is 11.7. The van der Waals surface area contributed by atoms with Crippen LogP contribution >= 0.6 is 0 Å². The van der Waals surface area contributed by atoms with Crippen molar-refractivity contribution < 1.29 is 9.59 Å². The lowest BCUT2D eigenvalue weighted by Gasteiger charge is -2.18. The minimum absolute atomic E-state index is 0.0206. The molecule has 1 heterocycles. The Morgan fingerprint density at radius 2 is 2.00 bits per heavy atom. The number of pyridine rings is 1. The van der Waals surface area contributed by atoms with Crippen LogP contribution in [-0.4, -0.2) is 23.3 Å². The highest BCUT2D eigenvalue weighted by atomic mass is 16.2. The van der Waals surface area contributed by atoms with E-state index in [0.717, 1.165) is 5.69 Å². The van der Waals surface area contributed by atoms with Gasteiger partial charge < -0.3 is 10.6 Å². The van der Waals surface area contributed by atoms with Crippen molar-refractivity contribution in [1.29, 1.82) is 0 Å². The summed E-state index contributed by atoms with van der Waals surface area (Å²) >= 11 is 0.